The number of H-pyrrole nitrogens is 1. The molecular formula is C37H40N6O4S. The minimum atomic E-state index is -3.00. The van der Waals surface area contributed by atoms with E-state index < -0.39 is 15.4 Å². The summed E-state index contributed by atoms with van der Waals surface area (Å²) in [6.45, 7) is 11.3. The molecule has 2 saturated heterocycles. The molecule has 2 aliphatic heterocycles. The number of aromatic amines is 1. The van der Waals surface area contributed by atoms with Crippen LogP contribution in [0.5, 0.6) is 0 Å². The largest absolute Gasteiger partial charge is 0.381 e. The van der Waals surface area contributed by atoms with Gasteiger partial charge in [-0.25, -0.2) is 24.8 Å². The van der Waals surface area contributed by atoms with Crippen molar-refractivity contribution in [3.8, 4) is 22.4 Å². The monoisotopic (exact) mass is 664 g/mol. The van der Waals surface area contributed by atoms with Crippen LogP contribution in [-0.4, -0.2) is 70.2 Å². The number of aryl methyl sites for hydroxylation is 1. The number of fused-ring (bicyclic) bond motifs is 3. The zero-order valence-corrected chi connectivity index (χ0v) is 28.2. The molecule has 10 nitrogen and oxygen atoms in total. The summed E-state index contributed by atoms with van der Waals surface area (Å²) in [5, 5.41) is 0.679. The van der Waals surface area contributed by atoms with Gasteiger partial charge in [0.2, 0.25) is 0 Å². The van der Waals surface area contributed by atoms with Crippen LogP contribution < -0.4 is 5.69 Å². The maximum absolute atomic E-state index is 13.8. The number of rotatable bonds is 7. The van der Waals surface area contributed by atoms with Crippen LogP contribution in [0.15, 0.2) is 59.5 Å². The minimum absolute atomic E-state index is 0.0318. The van der Waals surface area contributed by atoms with E-state index in [9.17, 15) is 13.2 Å². The first kappa shape index (κ1) is 31.1. The lowest BCUT2D eigenvalue weighted by molar-refractivity contribution is 0.0697. The van der Waals surface area contributed by atoms with Crippen molar-refractivity contribution in [3.63, 3.8) is 0 Å². The third-order valence-corrected chi connectivity index (χ3v) is 12.5. The summed E-state index contributed by atoms with van der Waals surface area (Å²) in [5.74, 6) is 0. The van der Waals surface area contributed by atoms with Gasteiger partial charge >= 0.3 is 5.69 Å². The second-order valence-electron chi connectivity index (χ2n) is 13.9. The van der Waals surface area contributed by atoms with Gasteiger partial charge in [0, 0.05) is 63.1 Å². The van der Waals surface area contributed by atoms with Crippen LogP contribution >= 0.6 is 0 Å². The van der Waals surface area contributed by atoms with Crippen LogP contribution in [0.4, 0.5) is 0 Å². The first-order valence-corrected chi connectivity index (χ1v) is 18.8. The van der Waals surface area contributed by atoms with Crippen molar-refractivity contribution in [2.45, 2.75) is 61.9 Å². The van der Waals surface area contributed by atoms with Crippen molar-refractivity contribution in [1.82, 2.24) is 24.0 Å². The number of sulfone groups is 1. The van der Waals surface area contributed by atoms with E-state index in [4.69, 9.17) is 16.3 Å². The Morgan fingerprint density at radius 1 is 1.00 bits per heavy atom. The molecule has 3 aromatic heterocycles. The Hall–Kier alpha value is -4.24. The zero-order chi connectivity index (χ0) is 33.2. The number of hydrogen-bond acceptors (Lipinski definition) is 6. The smallest absolute Gasteiger partial charge is 0.329 e. The molecular weight excluding hydrogens is 625 g/mol. The quantitative estimate of drug-likeness (QED) is 0.220. The fourth-order valence-corrected chi connectivity index (χ4v) is 8.89. The van der Waals surface area contributed by atoms with Crippen molar-refractivity contribution in [3.05, 3.63) is 87.8 Å². The standard InChI is InChI=1S/C37H40N6O4S/c1-38-37(16-17-37)27-10-8-25(9-11-27)31-32-34-30(41(2)36(44)43(34)28-14-20-47-21-15-28)22-39-35(32)40-33(31)26-6-4-24(5-7-26)23-42-18-12-29(13-19-42)48(3,45)46/h4-11,22,28-29H,12-21,23H2,2-3H3,(H,39,40). The van der Waals surface area contributed by atoms with Gasteiger partial charge in [-0.2, -0.15) is 0 Å². The van der Waals surface area contributed by atoms with Gasteiger partial charge < -0.3 is 14.6 Å². The third-order valence-electron chi connectivity index (χ3n) is 10.9. The first-order chi connectivity index (χ1) is 23.2. The Morgan fingerprint density at radius 2 is 1.67 bits per heavy atom. The summed E-state index contributed by atoms with van der Waals surface area (Å²) in [6, 6.07) is 17.0. The number of ether oxygens (including phenoxy) is 1. The molecule has 0 atom stereocenters. The highest BCUT2D eigenvalue weighted by Crippen LogP contribution is 2.50. The summed E-state index contributed by atoms with van der Waals surface area (Å²) >= 11 is 0. The van der Waals surface area contributed by atoms with Gasteiger partial charge in [-0.05, 0) is 55.5 Å². The van der Waals surface area contributed by atoms with Crippen LogP contribution in [0.3, 0.4) is 0 Å². The molecule has 8 rings (SSSR count). The molecule has 5 heterocycles. The molecule has 1 saturated carbocycles. The Kier molecular flexibility index (Phi) is 7.58. The highest BCUT2D eigenvalue weighted by atomic mass is 32.2. The second-order valence-corrected chi connectivity index (χ2v) is 16.2. The summed E-state index contributed by atoms with van der Waals surface area (Å²) < 4.78 is 33.4. The van der Waals surface area contributed by atoms with Crippen LogP contribution in [0.1, 0.15) is 55.7 Å². The lowest BCUT2D eigenvalue weighted by atomic mass is 9.95. The third kappa shape index (κ3) is 5.27. The lowest BCUT2D eigenvalue weighted by Gasteiger charge is -2.31. The molecule has 3 aliphatic rings. The molecule has 0 radical (unpaired) electrons. The van der Waals surface area contributed by atoms with Crippen LogP contribution in [0.25, 0.3) is 49.3 Å². The van der Waals surface area contributed by atoms with Gasteiger partial charge in [0.1, 0.15) is 15.5 Å². The highest BCUT2D eigenvalue weighted by molar-refractivity contribution is 7.91. The topological polar surface area (TPSA) is 107 Å². The number of likely N-dealkylation sites (tertiary alicyclic amines) is 1. The molecule has 0 bridgehead atoms. The molecule has 0 spiro atoms. The zero-order valence-electron chi connectivity index (χ0n) is 27.4. The Bertz CT molecular complexity index is 2220. The Morgan fingerprint density at radius 3 is 2.29 bits per heavy atom. The summed E-state index contributed by atoms with van der Waals surface area (Å²) in [5.41, 5.74) is 8.11. The van der Waals surface area contributed by atoms with E-state index in [1.807, 2.05) is 11.6 Å². The number of nitrogens with zero attached hydrogens (tertiary/aromatic N) is 5. The van der Waals surface area contributed by atoms with E-state index >= 15 is 0 Å². The van der Waals surface area contributed by atoms with Crippen LogP contribution in [-0.2, 0) is 33.7 Å². The van der Waals surface area contributed by atoms with Crippen LogP contribution in [0.2, 0.25) is 0 Å². The van der Waals surface area contributed by atoms with Gasteiger partial charge in [-0.1, -0.05) is 48.5 Å². The van der Waals surface area contributed by atoms with Crippen LogP contribution in [0, 0.1) is 6.57 Å². The van der Waals surface area contributed by atoms with Crippen molar-refractivity contribution < 1.29 is 13.2 Å². The predicted molar refractivity (Wildman–Crippen MR) is 187 cm³/mol. The van der Waals surface area contributed by atoms with E-state index in [-0.39, 0.29) is 17.0 Å². The molecule has 11 heteroatoms. The van der Waals surface area contributed by atoms with Gasteiger partial charge in [0.15, 0.2) is 0 Å². The maximum atomic E-state index is 13.8. The number of aromatic nitrogens is 4. The lowest BCUT2D eigenvalue weighted by Crippen LogP contribution is -2.38. The Balaban J connectivity index is 1.23. The first-order valence-electron chi connectivity index (χ1n) is 16.9. The number of piperidine rings is 1. The van der Waals surface area contributed by atoms with Gasteiger partial charge in [-0.3, -0.25) is 14.0 Å². The molecule has 0 unspecified atom stereocenters. The molecule has 48 heavy (non-hydrogen) atoms. The molecule has 0 amide bonds. The van der Waals surface area contributed by atoms with Crippen molar-refractivity contribution >= 4 is 31.9 Å². The molecule has 3 fully saturated rings. The van der Waals surface area contributed by atoms with E-state index in [2.05, 4.69) is 63.3 Å². The maximum Gasteiger partial charge on any atom is 0.329 e. The average molecular weight is 665 g/mol. The SMILES string of the molecule is [C-]#[N+]C1(c2ccc(-c3c(-c4ccc(CN5CCC(S(C)(=O)=O)CC5)cc4)[nH]c4ncc5c(c34)n(C3CCOCC3)c(=O)n5C)cc2)CC1. The molecule has 1 aliphatic carbocycles. The number of hydrogen-bond donors (Lipinski definition) is 1. The van der Waals surface area contributed by atoms with E-state index in [1.54, 1.807) is 10.8 Å². The van der Waals surface area contributed by atoms with Gasteiger partial charge in [0.25, 0.3) is 5.54 Å². The van der Waals surface area contributed by atoms with E-state index in [1.165, 1.54) is 11.8 Å². The predicted octanol–water partition coefficient (Wildman–Crippen LogP) is 5.82. The number of nitrogens with one attached hydrogen (secondary N) is 1. The molecule has 1 N–H and O–H groups in total. The van der Waals surface area contributed by atoms with Crippen molar-refractivity contribution in [2.24, 2.45) is 7.05 Å². The fraction of sp³-hybridized carbons (Fsp3) is 0.432. The fourth-order valence-electron chi connectivity index (χ4n) is 7.83. The van der Waals surface area contributed by atoms with Crippen molar-refractivity contribution in [1.29, 1.82) is 0 Å². The number of benzene rings is 2. The average Bonchev–Trinajstić information content (AvgIpc) is 3.74. The Labute approximate surface area is 280 Å². The van der Waals surface area contributed by atoms with E-state index in [0.717, 1.165) is 95.3 Å². The molecule has 2 aromatic carbocycles. The second kappa shape index (κ2) is 11.7. The van der Waals surface area contributed by atoms with Crippen molar-refractivity contribution in [2.75, 3.05) is 32.6 Å². The number of pyridine rings is 1. The number of imidazole rings is 1. The normalized spacial score (nSPS) is 19.2. The summed E-state index contributed by atoms with van der Waals surface area (Å²) in [6.07, 6.45) is 7.82. The summed E-state index contributed by atoms with van der Waals surface area (Å²) in [4.78, 5) is 28.6. The van der Waals surface area contributed by atoms with Gasteiger partial charge in [-0.15, -0.1) is 0 Å². The molecule has 248 valence electrons. The molecule has 5 aromatic rings. The minimum Gasteiger partial charge on any atom is -0.381 e. The highest BCUT2D eigenvalue weighted by Gasteiger charge is 2.52. The van der Waals surface area contributed by atoms with Gasteiger partial charge in [0.05, 0.1) is 33.6 Å². The summed E-state index contributed by atoms with van der Waals surface area (Å²) in [7, 11) is -1.19. The van der Waals surface area contributed by atoms with E-state index in [0.29, 0.717) is 26.1 Å².